The second-order valence-corrected chi connectivity index (χ2v) is 6.87. The Morgan fingerprint density at radius 1 is 1.23 bits per heavy atom. The number of hydrogen-bond acceptors (Lipinski definition) is 12. The molecule has 0 saturated carbocycles. The van der Waals surface area contributed by atoms with Crippen molar-refractivity contribution in [3.63, 3.8) is 0 Å². The number of nitrogens with one attached hydrogen (secondary N) is 1. The molecule has 3 aromatic rings. The number of nitrogen functional groups attached to an aromatic ring is 1. The van der Waals surface area contributed by atoms with Gasteiger partial charge in [-0.25, -0.2) is 24.6 Å². The molecule has 3 aromatic heterocycles. The normalized spacial score (nSPS) is 28.4. The molecule has 15 nitrogen and oxygen atoms in total. The van der Waals surface area contributed by atoms with Gasteiger partial charge in [-0.15, -0.1) is 0 Å². The van der Waals surface area contributed by atoms with Crippen LogP contribution in [0.3, 0.4) is 0 Å². The van der Waals surface area contributed by atoms with Crippen LogP contribution in [0.4, 0.5) is 11.8 Å². The number of fused-ring (bicyclic) bond motifs is 2. The monoisotopic (exact) mass is 418 g/mol. The molecule has 158 valence electrons. The first-order valence-corrected chi connectivity index (χ1v) is 8.91. The van der Waals surface area contributed by atoms with Crippen molar-refractivity contribution >= 4 is 29.3 Å². The fourth-order valence-electron chi connectivity index (χ4n) is 3.59. The molecule has 30 heavy (non-hydrogen) atoms. The van der Waals surface area contributed by atoms with E-state index in [4.69, 9.17) is 16.2 Å². The van der Waals surface area contributed by atoms with Gasteiger partial charge in [-0.3, -0.25) is 14.3 Å². The number of rotatable bonds is 3. The highest BCUT2D eigenvalue weighted by Crippen LogP contribution is 2.36. The van der Waals surface area contributed by atoms with Gasteiger partial charge in [-0.05, 0) is 0 Å². The van der Waals surface area contributed by atoms with Crippen molar-refractivity contribution in [2.45, 2.75) is 30.7 Å². The molecule has 8 N–H and O–H groups in total. The van der Waals surface area contributed by atoms with E-state index in [1.165, 1.54) is 33.2 Å². The number of aliphatic imine (C=N–C) groups is 1. The molecule has 0 radical (unpaired) electrons. The van der Waals surface area contributed by atoms with Crippen LogP contribution < -0.4 is 22.0 Å². The molecule has 0 aromatic carbocycles. The molecular weight excluding hydrogens is 400 g/mol. The van der Waals surface area contributed by atoms with Crippen LogP contribution in [-0.4, -0.2) is 75.8 Å². The summed E-state index contributed by atoms with van der Waals surface area (Å²) in [6.45, 7) is -0.453. The Morgan fingerprint density at radius 3 is 2.77 bits per heavy atom. The van der Waals surface area contributed by atoms with Gasteiger partial charge >= 0.3 is 0 Å². The number of ether oxygens (including phenoxy) is 1. The number of imidazole rings is 2. The molecule has 5 atom stereocenters. The van der Waals surface area contributed by atoms with E-state index in [0.717, 1.165) is 0 Å². The van der Waals surface area contributed by atoms with Crippen LogP contribution in [0.2, 0.25) is 0 Å². The molecule has 0 bridgehead atoms. The average Bonchev–Trinajstić information content (AvgIpc) is 3.40. The number of aromatic amines is 1. The van der Waals surface area contributed by atoms with E-state index in [1.54, 1.807) is 0 Å². The Balaban J connectivity index is 1.52. The molecule has 0 spiro atoms. The quantitative estimate of drug-likeness (QED) is 0.248. The third-order valence-electron chi connectivity index (χ3n) is 5.11. The maximum Gasteiger partial charge on any atom is 0.280 e. The molecule has 5 rings (SSSR count). The second kappa shape index (κ2) is 6.57. The topological polar surface area (TPSA) is 219 Å². The highest BCUT2D eigenvalue weighted by atomic mass is 16.6. The van der Waals surface area contributed by atoms with Gasteiger partial charge < -0.3 is 31.5 Å². The van der Waals surface area contributed by atoms with Crippen molar-refractivity contribution in [1.82, 2.24) is 29.2 Å². The Hall–Kier alpha value is -3.37. The predicted molar refractivity (Wildman–Crippen MR) is 101 cm³/mol. The molecule has 2 aliphatic rings. The lowest BCUT2D eigenvalue weighted by Gasteiger charge is -2.29. The lowest BCUT2D eigenvalue weighted by Crippen LogP contribution is -2.43. The van der Waals surface area contributed by atoms with Crippen LogP contribution >= 0.6 is 0 Å². The van der Waals surface area contributed by atoms with E-state index in [0.29, 0.717) is 11.5 Å². The van der Waals surface area contributed by atoms with Gasteiger partial charge in [0.25, 0.3) is 5.56 Å². The van der Waals surface area contributed by atoms with Crippen LogP contribution in [-0.2, 0) is 4.74 Å². The number of anilines is 1. The summed E-state index contributed by atoms with van der Waals surface area (Å²) in [6.07, 6.45) is -1.23. The van der Waals surface area contributed by atoms with E-state index in [1.807, 2.05) is 0 Å². The Morgan fingerprint density at radius 2 is 2.03 bits per heavy atom. The molecule has 1 saturated heterocycles. The zero-order valence-electron chi connectivity index (χ0n) is 15.3. The van der Waals surface area contributed by atoms with Crippen LogP contribution in [0, 0.1) is 0 Å². The van der Waals surface area contributed by atoms with Crippen molar-refractivity contribution < 1.29 is 20.1 Å². The number of nitrogens with zero attached hydrogens (tertiary/aromatic N) is 7. The first-order valence-electron chi connectivity index (χ1n) is 8.91. The Kier molecular flexibility index (Phi) is 4.09. The molecule has 1 fully saturated rings. The van der Waals surface area contributed by atoms with Crippen molar-refractivity contribution in [2.24, 2.45) is 10.7 Å². The van der Waals surface area contributed by atoms with Crippen LogP contribution in [0.25, 0.3) is 11.2 Å². The van der Waals surface area contributed by atoms with Gasteiger partial charge in [0.05, 0.1) is 12.9 Å². The van der Waals surface area contributed by atoms with Crippen molar-refractivity contribution in [2.75, 3.05) is 17.3 Å². The third kappa shape index (κ3) is 2.54. The number of nitrogens with two attached hydrogens (primary N) is 2. The van der Waals surface area contributed by atoms with Crippen LogP contribution in [0.5, 0.6) is 0 Å². The van der Waals surface area contributed by atoms with Gasteiger partial charge in [0.15, 0.2) is 23.2 Å². The maximum atomic E-state index is 12.0. The molecule has 15 heteroatoms. The molecular formula is C15H18N10O5. The maximum absolute atomic E-state index is 12.0. The van der Waals surface area contributed by atoms with Gasteiger partial charge in [0, 0.05) is 0 Å². The minimum absolute atomic E-state index is 0.0765. The van der Waals surface area contributed by atoms with E-state index in [9.17, 15) is 20.1 Å². The second-order valence-electron chi connectivity index (χ2n) is 6.87. The van der Waals surface area contributed by atoms with Crippen molar-refractivity contribution in [3.05, 3.63) is 28.7 Å². The standard InChI is InChI=1S/C15H18N10O5/c16-10-6-11(23(2-18-6)14-9(28)8(27)5(1-26)30-14)20-4-24(10)25-3-19-7-12(25)21-15(17)22-13(7)29/h2-5,8-10,14,26-28H,1,16H2,(H3,17,21,22,29)/t5-,8?,9?,10?,14-/m1/s1. The number of aromatic nitrogens is 6. The molecule has 0 amide bonds. The van der Waals surface area contributed by atoms with E-state index >= 15 is 0 Å². The molecule has 5 heterocycles. The van der Waals surface area contributed by atoms with Crippen molar-refractivity contribution in [3.8, 4) is 0 Å². The van der Waals surface area contributed by atoms with Crippen LogP contribution in [0.1, 0.15) is 18.1 Å². The highest BCUT2D eigenvalue weighted by Gasteiger charge is 2.45. The summed E-state index contributed by atoms with van der Waals surface area (Å²) in [7, 11) is 0. The molecule has 0 aliphatic carbocycles. The van der Waals surface area contributed by atoms with Gasteiger partial charge in [0.1, 0.15) is 42.8 Å². The van der Waals surface area contributed by atoms with Crippen LogP contribution in [0.15, 0.2) is 22.4 Å². The summed E-state index contributed by atoms with van der Waals surface area (Å²) in [4.78, 5) is 31.1. The smallest absolute Gasteiger partial charge is 0.280 e. The minimum atomic E-state index is -1.29. The number of aliphatic hydroxyl groups is 3. The number of hydrogen-bond donors (Lipinski definition) is 6. The number of H-pyrrole nitrogens is 1. The molecule has 3 unspecified atom stereocenters. The highest BCUT2D eigenvalue weighted by molar-refractivity contribution is 5.79. The third-order valence-corrected chi connectivity index (χ3v) is 5.11. The summed E-state index contributed by atoms with van der Waals surface area (Å²) in [5.41, 5.74) is 12.1. The number of aliphatic hydroxyl groups excluding tert-OH is 3. The summed E-state index contributed by atoms with van der Waals surface area (Å²) >= 11 is 0. The first kappa shape index (κ1) is 18.6. The zero-order valence-corrected chi connectivity index (χ0v) is 15.3. The zero-order chi connectivity index (χ0) is 21.2. The largest absolute Gasteiger partial charge is 0.394 e. The fraction of sp³-hybridized carbons (Fsp3) is 0.400. The van der Waals surface area contributed by atoms with Crippen molar-refractivity contribution in [1.29, 1.82) is 0 Å². The van der Waals surface area contributed by atoms with E-state index < -0.39 is 42.9 Å². The summed E-state index contributed by atoms with van der Waals surface area (Å²) < 4.78 is 8.38. The van der Waals surface area contributed by atoms with E-state index in [2.05, 4.69) is 24.9 Å². The van der Waals surface area contributed by atoms with Gasteiger partial charge in [-0.1, -0.05) is 0 Å². The lowest BCUT2D eigenvalue weighted by molar-refractivity contribution is -0.0520. The van der Waals surface area contributed by atoms with Gasteiger partial charge in [0.2, 0.25) is 5.95 Å². The molecule has 2 aliphatic heterocycles. The minimum Gasteiger partial charge on any atom is -0.394 e. The summed E-state index contributed by atoms with van der Waals surface area (Å²) in [5, 5.41) is 31.0. The lowest BCUT2D eigenvalue weighted by atomic mass is 10.1. The first-order chi connectivity index (χ1) is 14.4. The SMILES string of the molecule is Nc1nc2c(ncn2N2C=Nc3c(ncn3[C@@H]3O[C@H](CO)C(O)C3O)C2N)c(=O)[nH]1. The Bertz CT molecular complexity index is 1200. The van der Waals surface area contributed by atoms with Gasteiger partial charge in [-0.2, -0.15) is 4.98 Å². The summed E-state index contributed by atoms with van der Waals surface area (Å²) in [6, 6.07) is 0. The van der Waals surface area contributed by atoms with E-state index in [-0.39, 0.29) is 17.1 Å². The average molecular weight is 418 g/mol. The summed E-state index contributed by atoms with van der Waals surface area (Å²) in [5.74, 6) is 0.231. The predicted octanol–water partition coefficient (Wildman–Crippen LogP) is -3.22. The fourth-order valence-corrected chi connectivity index (χ4v) is 3.59. The Labute approximate surface area is 166 Å².